The van der Waals surface area contributed by atoms with Crippen LogP contribution in [0.1, 0.15) is 58.8 Å². The number of hydrogen-bond donors (Lipinski definition) is 2. The maximum absolute atomic E-state index is 11.1. The molecule has 0 amide bonds. The zero-order valence-corrected chi connectivity index (χ0v) is 18.4. The standard InChI is InChI=1S/C24H26N4OS/c1-15(2)17-8-10-19(11-9-17)21(22-23(29)28-24(30-22)25-16(3)26-28)27-13-12-18-6-4-5-7-20(18)14-27/h4-11,15,21,29H,12-14H2,1-3H3/p+1/t21-/m0/s1. The number of quaternary nitrogens is 1. The number of benzene rings is 2. The molecular weight excluding hydrogens is 392 g/mol. The van der Waals surface area contributed by atoms with Crippen LogP contribution in [0, 0.1) is 6.92 Å². The summed E-state index contributed by atoms with van der Waals surface area (Å²) < 4.78 is 1.59. The first-order valence-corrected chi connectivity index (χ1v) is 11.4. The molecule has 0 saturated carbocycles. The third-order valence-corrected chi connectivity index (χ3v) is 7.25. The summed E-state index contributed by atoms with van der Waals surface area (Å²) in [5, 5.41) is 15.4. The van der Waals surface area contributed by atoms with E-state index >= 15 is 0 Å². The van der Waals surface area contributed by atoms with Crippen molar-refractivity contribution >= 4 is 16.3 Å². The highest BCUT2D eigenvalue weighted by atomic mass is 32.1. The van der Waals surface area contributed by atoms with Gasteiger partial charge in [-0.05, 0) is 24.0 Å². The lowest BCUT2D eigenvalue weighted by Gasteiger charge is -2.32. The van der Waals surface area contributed by atoms with E-state index in [4.69, 9.17) is 0 Å². The fraction of sp³-hybridized carbons (Fsp3) is 0.333. The summed E-state index contributed by atoms with van der Waals surface area (Å²) in [6.07, 6.45) is 1.05. The zero-order valence-electron chi connectivity index (χ0n) is 17.6. The third-order valence-electron chi connectivity index (χ3n) is 6.16. The molecule has 30 heavy (non-hydrogen) atoms. The van der Waals surface area contributed by atoms with E-state index in [1.165, 1.54) is 27.2 Å². The van der Waals surface area contributed by atoms with Crippen molar-refractivity contribution in [3.8, 4) is 5.88 Å². The smallest absolute Gasteiger partial charge is 0.235 e. The van der Waals surface area contributed by atoms with E-state index in [1.54, 1.807) is 15.9 Å². The molecule has 6 heteroatoms. The monoisotopic (exact) mass is 419 g/mol. The van der Waals surface area contributed by atoms with Gasteiger partial charge < -0.3 is 10.0 Å². The van der Waals surface area contributed by atoms with Gasteiger partial charge in [-0.25, -0.2) is 4.98 Å². The number of aromatic nitrogens is 3. The highest BCUT2D eigenvalue weighted by Gasteiger charge is 2.34. The van der Waals surface area contributed by atoms with Gasteiger partial charge in [0.15, 0.2) is 6.04 Å². The molecule has 1 aliphatic rings. The zero-order chi connectivity index (χ0) is 20.8. The number of nitrogens with zero attached hydrogens (tertiary/aromatic N) is 3. The molecule has 4 aromatic rings. The number of rotatable bonds is 4. The lowest BCUT2D eigenvalue weighted by atomic mass is 9.94. The van der Waals surface area contributed by atoms with Gasteiger partial charge in [-0.2, -0.15) is 4.52 Å². The van der Waals surface area contributed by atoms with Gasteiger partial charge in [0, 0.05) is 17.5 Å². The van der Waals surface area contributed by atoms with Crippen molar-refractivity contribution in [2.24, 2.45) is 0 Å². The van der Waals surface area contributed by atoms with Crippen molar-refractivity contribution in [1.29, 1.82) is 0 Å². The Bertz CT molecular complexity index is 1190. The van der Waals surface area contributed by atoms with Crippen LogP contribution in [0.25, 0.3) is 4.96 Å². The number of hydrogen-bond acceptors (Lipinski definition) is 4. The van der Waals surface area contributed by atoms with Crippen molar-refractivity contribution in [2.75, 3.05) is 6.54 Å². The van der Waals surface area contributed by atoms with Crippen molar-refractivity contribution in [3.63, 3.8) is 0 Å². The summed E-state index contributed by atoms with van der Waals surface area (Å²) in [6, 6.07) is 17.7. The van der Waals surface area contributed by atoms with E-state index in [0.717, 1.165) is 29.3 Å². The largest absolute Gasteiger partial charge is 0.492 e. The summed E-state index contributed by atoms with van der Waals surface area (Å²) in [5.74, 6) is 1.40. The first-order valence-electron chi connectivity index (χ1n) is 10.6. The fourth-order valence-electron chi connectivity index (χ4n) is 4.53. The van der Waals surface area contributed by atoms with E-state index in [0.29, 0.717) is 11.7 Å². The summed E-state index contributed by atoms with van der Waals surface area (Å²) >= 11 is 1.55. The van der Waals surface area contributed by atoms with Crippen molar-refractivity contribution in [1.82, 2.24) is 14.6 Å². The Morgan fingerprint density at radius 1 is 1.03 bits per heavy atom. The average molecular weight is 420 g/mol. The molecular formula is C24H27N4OS+. The van der Waals surface area contributed by atoms with Crippen LogP contribution in [0.2, 0.25) is 0 Å². The molecule has 2 N–H and O–H groups in total. The Morgan fingerprint density at radius 3 is 2.43 bits per heavy atom. The fourth-order valence-corrected chi connectivity index (χ4v) is 5.72. The molecule has 0 radical (unpaired) electrons. The molecule has 5 nitrogen and oxygen atoms in total. The van der Waals surface area contributed by atoms with Gasteiger partial charge >= 0.3 is 0 Å². The lowest BCUT2D eigenvalue weighted by Crippen LogP contribution is -3.12. The number of thiazole rings is 1. The van der Waals surface area contributed by atoms with Crippen molar-refractivity contribution in [2.45, 2.75) is 45.7 Å². The Morgan fingerprint density at radius 2 is 1.73 bits per heavy atom. The lowest BCUT2D eigenvalue weighted by molar-refractivity contribution is -0.940. The van der Waals surface area contributed by atoms with Crippen LogP contribution in [0.4, 0.5) is 0 Å². The summed E-state index contributed by atoms with van der Waals surface area (Å²) in [5.41, 5.74) is 5.40. The van der Waals surface area contributed by atoms with Gasteiger partial charge in [-0.15, -0.1) is 5.10 Å². The molecule has 2 atom stereocenters. The van der Waals surface area contributed by atoms with E-state index < -0.39 is 0 Å². The molecule has 0 fully saturated rings. The number of aromatic hydroxyl groups is 1. The molecule has 0 saturated heterocycles. The van der Waals surface area contributed by atoms with E-state index in [9.17, 15) is 5.11 Å². The van der Waals surface area contributed by atoms with Crippen LogP contribution in [0.15, 0.2) is 48.5 Å². The quantitative estimate of drug-likeness (QED) is 0.531. The van der Waals surface area contributed by atoms with E-state index in [2.05, 4.69) is 72.5 Å². The molecule has 5 rings (SSSR count). The second-order valence-electron chi connectivity index (χ2n) is 8.50. The summed E-state index contributed by atoms with van der Waals surface area (Å²) in [7, 11) is 0. The van der Waals surface area contributed by atoms with Gasteiger partial charge in [-0.1, -0.05) is 73.7 Å². The van der Waals surface area contributed by atoms with Crippen LogP contribution >= 0.6 is 11.3 Å². The molecule has 0 spiro atoms. The average Bonchev–Trinajstić information content (AvgIpc) is 3.26. The minimum Gasteiger partial charge on any atom is -0.492 e. The van der Waals surface area contributed by atoms with Crippen LogP contribution < -0.4 is 4.90 Å². The predicted molar refractivity (Wildman–Crippen MR) is 119 cm³/mol. The number of nitrogens with one attached hydrogen (secondary N) is 1. The van der Waals surface area contributed by atoms with Gasteiger partial charge in [0.2, 0.25) is 10.8 Å². The Balaban J connectivity index is 1.60. The van der Waals surface area contributed by atoms with Crippen molar-refractivity contribution in [3.05, 3.63) is 81.5 Å². The molecule has 154 valence electrons. The molecule has 0 aliphatic carbocycles. The van der Waals surface area contributed by atoms with Gasteiger partial charge in [0.25, 0.3) is 0 Å². The van der Waals surface area contributed by atoms with Gasteiger partial charge in [-0.3, -0.25) is 0 Å². The Labute approximate surface area is 180 Å². The van der Waals surface area contributed by atoms with E-state index in [1.807, 2.05) is 6.92 Å². The topological polar surface area (TPSA) is 54.9 Å². The minimum absolute atomic E-state index is 0.0494. The normalized spacial score (nSPS) is 17.4. The minimum atomic E-state index is 0.0494. The van der Waals surface area contributed by atoms with Crippen LogP contribution in [-0.4, -0.2) is 26.2 Å². The first kappa shape index (κ1) is 19.3. The van der Waals surface area contributed by atoms with Gasteiger partial charge in [0.1, 0.15) is 17.2 Å². The number of aryl methyl sites for hydroxylation is 1. The second kappa shape index (κ2) is 7.52. The molecule has 2 aromatic carbocycles. The molecule has 1 aliphatic heterocycles. The van der Waals surface area contributed by atoms with Crippen molar-refractivity contribution < 1.29 is 10.0 Å². The predicted octanol–water partition coefficient (Wildman–Crippen LogP) is 3.66. The Kier molecular flexibility index (Phi) is 4.83. The van der Waals surface area contributed by atoms with E-state index in [-0.39, 0.29) is 11.9 Å². The van der Waals surface area contributed by atoms with Crippen LogP contribution in [0.5, 0.6) is 5.88 Å². The van der Waals surface area contributed by atoms with Crippen LogP contribution in [-0.2, 0) is 13.0 Å². The first-order chi connectivity index (χ1) is 14.5. The molecule has 3 heterocycles. The molecule has 2 aromatic heterocycles. The van der Waals surface area contributed by atoms with Crippen LogP contribution in [0.3, 0.4) is 0 Å². The summed E-state index contributed by atoms with van der Waals surface area (Å²) in [6.45, 7) is 8.26. The maximum Gasteiger partial charge on any atom is 0.235 e. The highest BCUT2D eigenvalue weighted by Crippen LogP contribution is 2.35. The second-order valence-corrected chi connectivity index (χ2v) is 9.51. The third kappa shape index (κ3) is 3.30. The maximum atomic E-state index is 11.1. The van der Waals surface area contributed by atoms with Gasteiger partial charge in [0.05, 0.1) is 6.54 Å². The molecule has 1 unspecified atom stereocenters. The Hall–Kier alpha value is -2.70. The highest BCUT2D eigenvalue weighted by molar-refractivity contribution is 7.17. The number of fused-ring (bicyclic) bond motifs is 2. The molecule has 0 bridgehead atoms. The SMILES string of the molecule is Cc1nc2sc([C@H](c3ccc(C(C)C)cc3)[NH+]3CCc4ccccc4C3)c(O)n2n1. The summed E-state index contributed by atoms with van der Waals surface area (Å²) in [4.78, 5) is 7.63.